The molecule has 2 aliphatic rings. The third kappa shape index (κ3) is 3.44. The first-order chi connectivity index (χ1) is 10.2. The van der Waals surface area contributed by atoms with Crippen molar-refractivity contribution in [2.75, 3.05) is 26.3 Å². The maximum atomic E-state index is 11.3. The van der Waals surface area contributed by atoms with Gasteiger partial charge in [-0.1, -0.05) is 18.2 Å². The van der Waals surface area contributed by atoms with Crippen molar-refractivity contribution in [2.24, 2.45) is 5.92 Å². The van der Waals surface area contributed by atoms with Crippen LogP contribution in [-0.4, -0.2) is 48.3 Å². The smallest absolute Gasteiger partial charge is 0.335 e. The van der Waals surface area contributed by atoms with Gasteiger partial charge in [0.1, 0.15) is 0 Å². The van der Waals surface area contributed by atoms with E-state index in [1.807, 2.05) is 12.1 Å². The second-order valence-electron chi connectivity index (χ2n) is 6.16. The minimum absolute atomic E-state index is 0.460. The minimum atomic E-state index is -0.815. The van der Waals surface area contributed by atoms with Crippen molar-refractivity contribution in [2.45, 2.75) is 31.7 Å². The van der Waals surface area contributed by atoms with E-state index in [-0.39, 0.29) is 0 Å². The fraction of sp³-hybridized carbons (Fsp3) is 0.588. The lowest BCUT2D eigenvalue weighted by atomic mass is 9.95. The molecule has 0 spiro atoms. The van der Waals surface area contributed by atoms with Gasteiger partial charge < -0.3 is 9.84 Å². The van der Waals surface area contributed by atoms with Crippen molar-refractivity contribution in [1.82, 2.24) is 4.90 Å². The first-order valence-electron chi connectivity index (χ1n) is 7.87. The van der Waals surface area contributed by atoms with E-state index in [0.717, 1.165) is 51.1 Å². The molecular formula is C17H23NO3. The van der Waals surface area contributed by atoms with Crippen LogP contribution in [0.5, 0.6) is 0 Å². The van der Waals surface area contributed by atoms with E-state index >= 15 is 0 Å². The highest BCUT2D eigenvalue weighted by Gasteiger charge is 2.29. The molecule has 1 aromatic carbocycles. The number of nitrogens with zero attached hydrogens (tertiary/aromatic N) is 1. The second kappa shape index (κ2) is 6.58. The van der Waals surface area contributed by atoms with Crippen molar-refractivity contribution in [1.29, 1.82) is 0 Å². The Labute approximate surface area is 125 Å². The van der Waals surface area contributed by atoms with Crippen molar-refractivity contribution in [3.05, 3.63) is 35.4 Å². The van der Waals surface area contributed by atoms with E-state index in [4.69, 9.17) is 4.74 Å². The Morgan fingerprint density at radius 1 is 1.24 bits per heavy atom. The third-order valence-electron chi connectivity index (χ3n) is 4.78. The molecule has 4 heteroatoms. The van der Waals surface area contributed by atoms with Gasteiger partial charge in [-0.05, 0) is 49.8 Å². The molecule has 1 aromatic rings. The summed E-state index contributed by atoms with van der Waals surface area (Å²) in [5.74, 6) is -0.238. The van der Waals surface area contributed by atoms with Crippen LogP contribution in [0, 0.1) is 5.92 Å². The first-order valence-corrected chi connectivity index (χ1v) is 7.87. The lowest BCUT2D eigenvalue weighted by molar-refractivity contribution is 0.0411. The van der Waals surface area contributed by atoms with Gasteiger partial charge in [0.05, 0.1) is 5.56 Å². The molecule has 1 atom stereocenters. The van der Waals surface area contributed by atoms with E-state index in [1.165, 1.54) is 6.42 Å². The normalized spacial score (nSPS) is 24.3. The molecule has 2 heterocycles. The summed E-state index contributed by atoms with van der Waals surface area (Å²) in [6, 6.07) is 8.07. The van der Waals surface area contributed by atoms with E-state index in [1.54, 1.807) is 12.1 Å². The van der Waals surface area contributed by atoms with Gasteiger partial charge in [-0.3, -0.25) is 4.90 Å². The van der Waals surface area contributed by atoms with E-state index in [2.05, 4.69) is 4.90 Å². The molecule has 0 amide bonds. The van der Waals surface area contributed by atoms with Gasteiger partial charge in [0.15, 0.2) is 0 Å². The Morgan fingerprint density at radius 2 is 2.00 bits per heavy atom. The average molecular weight is 289 g/mol. The van der Waals surface area contributed by atoms with Gasteiger partial charge in [0, 0.05) is 25.8 Å². The zero-order valence-corrected chi connectivity index (χ0v) is 12.3. The van der Waals surface area contributed by atoms with Crippen LogP contribution in [0.4, 0.5) is 0 Å². The van der Waals surface area contributed by atoms with Gasteiger partial charge in [0.2, 0.25) is 0 Å². The molecule has 0 aliphatic carbocycles. The number of rotatable bonds is 4. The number of carboxylic acids is 1. The summed E-state index contributed by atoms with van der Waals surface area (Å²) >= 11 is 0. The Balaban J connectivity index is 1.61. The fourth-order valence-electron chi connectivity index (χ4n) is 3.63. The van der Waals surface area contributed by atoms with Gasteiger partial charge >= 0.3 is 5.97 Å². The van der Waals surface area contributed by atoms with Crippen molar-refractivity contribution >= 4 is 5.97 Å². The summed E-state index contributed by atoms with van der Waals surface area (Å²) in [5, 5.41) is 9.27. The van der Waals surface area contributed by atoms with Crippen LogP contribution in [0.1, 0.15) is 35.2 Å². The quantitative estimate of drug-likeness (QED) is 0.925. The van der Waals surface area contributed by atoms with Crippen LogP contribution in [0.15, 0.2) is 24.3 Å². The summed E-state index contributed by atoms with van der Waals surface area (Å²) < 4.78 is 5.43. The van der Waals surface area contributed by atoms with Crippen LogP contribution in [0.3, 0.4) is 0 Å². The zero-order valence-electron chi connectivity index (χ0n) is 12.3. The summed E-state index contributed by atoms with van der Waals surface area (Å²) in [6.45, 7) is 4.00. The largest absolute Gasteiger partial charge is 0.478 e. The Kier molecular flexibility index (Phi) is 4.56. The van der Waals surface area contributed by atoms with Crippen LogP contribution >= 0.6 is 0 Å². The van der Waals surface area contributed by atoms with Gasteiger partial charge in [-0.15, -0.1) is 0 Å². The molecule has 2 fully saturated rings. The maximum absolute atomic E-state index is 11.3. The van der Waals surface area contributed by atoms with Crippen molar-refractivity contribution in [3.63, 3.8) is 0 Å². The lowest BCUT2D eigenvalue weighted by Gasteiger charge is -2.31. The van der Waals surface area contributed by atoms with Crippen LogP contribution in [0.25, 0.3) is 0 Å². The third-order valence-corrected chi connectivity index (χ3v) is 4.78. The predicted octanol–water partition coefficient (Wildman–Crippen LogP) is 2.43. The fourth-order valence-corrected chi connectivity index (χ4v) is 3.63. The molecule has 1 N–H and O–H groups in total. The topological polar surface area (TPSA) is 49.8 Å². The number of likely N-dealkylation sites (tertiary alicyclic amines) is 1. The molecule has 2 saturated heterocycles. The van der Waals surface area contributed by atoms with Crippen molar-refractivity contribution in [3.8, 4) is 0 Å². The van der Waals surface area contributed by atoms with E-state index < -0.39 is 5.97 Å². The zero-order chi connectivity index (χ0) is 14.7. The van der Waals surface area contributed by atoms with Crippen molar-refractivity contribution < 1.29 is 14.6 Å². The highest BCUT2D eigenvalue weighted by atomic mass is 16.5. The molecule has 0 saturated carbocycles. The van der Waals surface area contributed by atoms with Crippen LogP contribution < -0.4 is 0 Å². The maximum Gasteiger partial charge on any atom is 0.335 e. The second-order valence-corrected chi connectivity index (χ2v) is 6.16. The average Bonchev–Trinajstić information content (AvgIpc) is 2.97. The standard InChI is InChI=1S/C17H23NO3/c19-17(20)16-4-2-1-3-14(16)11-13-5-8-18(12-13)15-6-9-21-10-7-15/h1-4,13,15H,5-12H2,(H,19,20). The molecule has 0 bridgehead atoms. The monoisotopic (exact) mass is 289 g/mol. The number of hydrogen-bond donors (Lipinski definition) is 1. The Morgan fingerprint density at radius 3 is 2.76 bits per heavy atom. The summed E-state index contributed by atoms with van der Waals surface area (Å²) in [6.07, 6.45) is 4.32. The number of benzene rings is 1. The lowest BCUT2D eigenvalue weighted by Crippen LogP contribution is -2.38. The summed E-state index contributed by atoms with van der Waals surface area (Å²) in [4.78, 5) is 13.9. The number of carboxylic acid groups (broad SMARTS) is 1. The molecule has 3 rings (SSSR count). The predicted molar refractivity (Wildman–Crippen MR) is 80.6 cm³/mol. The van der Waals surface area contributed by atoms with E-state index in [9.17, 15) is 9.90 Å². The molecular weight excluding hydrogens is 266 g/mol. The molecule has 1 unspecified atom stereocenters. The Hall–Kier alpha value is -1.39. The molecule has 21 heavy (non-hydrogen) atoms. The van der Waals surface area contributed by atoms with E-state index in [0.29, 0.717) is 17.5 Å². The van der Waals surface area contributed by atoms with Gasteiger partial charge in [0.25, 0.3) is 0 Å². The molecule has 114 valence electrons. The van der Waals surface area contributed by atoms with Crippen LogP contribution in [-0.2, 0) is 11.2 Å². The SMILES string of the molecule is O=C(O)c1ccccc1CC1CCN(C2CCOCC2)C1. The minimum Gasteiger partial charge on any atom is -0.478 e. The van der Waals surface area contributed by atoms with Gasteiger partial charge in [-0.25, -0.2) is 4.79 Å². The first kappa shape index (κ1) is 14.5. The molecule has 0 aromatic heterocycles. The molecule has 4 nitrogen and oxygen atoms in total. The number of hydrogen-bond acceptors (Lipinski definition) is 3. The number of aromatic carboxylic acids is 1. The van der Waals surface area contributed by atoms with Gasteiger partial charge in [-0.2, -0.15) is 0 Å². The van der Waals surface area contributed by atoms with Crippen LogP contribution in [0.2, 0.25) is 0 Å². The highest BCUT2D eigenvalue weighted by molar-refractivity contribution is 5.89. The number of carbonyl (C=O) groups is 1. The molecule has 2 aliphatic heterocycles. The molecule has 0 radical (unpaired) electrons. The summed E-state index contributed by atoms with van der Waals surface area (Å²) in [7, 11) is 0. The summed E-state index contributed by atoms with van der Waals surface area (Å²) in [5.41, 5.74) is 1.44. The Bertz CT molecular complexity index is 497. The highest BCUT2D eigenvalue weighted by Crippen LogP contribution is 2.27. The number of ether oxygens (including phenoxy) is 1.